The number of fused-ring (bicyclic) bond motifs is 2. The summed E-state index contributed by atoms with van der Waals surface area (Å²) in [7, 11) is 1.11. The van der Waals surface area contributed by atoms with Crippen molar-refractivity contribution in [1.82, 2.24) is 14.6 Å². The van der Waals surface area contributed by atoms with Gasteiger partial charge in [0.15, 0.2) is 22.9 Å². The third kappa shape index (κ3) is 5.64. The average molecular weight is 507 g/mol. The normalized spacial score (nSPS) is 13.7. The Bertz CT molecular complexity index is 1290. The van der Waals surface area contributed by atoms with Gasteiger partial charge in [0, 0.05) is 12.1 Å². The second-order valence-corrected chi connectivity index (χ2v) is 7.39. The third-order valence-corrected chi connectivity index (χ3v) is 5.33. The van der Waals surface area contributed by atoms with E-state index < -0.39 is 17.8 Å². The molecule has 10 nitrogen and oxygen atoms in total. The van der Waals surface area contributed by atoms with Crippen molar-refractivity contribution in [3.63, 3.8) is 0 Å². The number of halogens is 2. The van der Waals surface area contributed by atoms with E-state index in [4.69, 9.17) is 15.6 Å². The number of benzene rings is 1. The lowest BCUT2D eigenvalue weighted by Crippen LogP contribution is -2.13. The molecule has 2 heterocycles. The zero-order chi connectivity index (χ0) is 25.0. The fourth-order valence-electron chi connectivity index (χ4n) is 3.64. The van der Waals surface area contributed by atoms with Crippen molar-refractivity contribution < 1.29 is 33.4 Å². The predicted molar refractivity (Wildman–Crippen MR) is 125 cm³/mol. The number of carboxylic acids is 1. The van der Waals surface area contributed by atoms with Gasteiger partial charge >= 0.3 is 17.9 Å². The Balaban J connectivity index is 0.000000240. The van der Waals surface area contributed by atoms with Gasteiger partial charge in [0.1, 0.15) is 6.61 Å². The lowest BCUT2D eigenvalue weighted by Gasteiger charge is -2.11. The first-order valence-corrected chi connectivity index (χ1v) is 10.2. The monoisotopic (exact) mass is 506 g/mol. The maximum atomic E-state index is 13.2. The van der Waals surface area contributed by atoms with Gasteiger partial charge in [-0.2, -0.15) is 5.10 Å². The number of carboxylic acid groups (broad SMARTS) is 1. The van der Waals surface area contributed by atoms with E-state index in [1.54, 1.807) is 6.08 Å². The first-order valence-electron chi connectivity index (χ1n) is 10.2. The first kappa shape index (κ1) is 27.4. The second kappa shape index (κ2) is 11.5. The number of esters is 2. The van der Waals surface area contributed by atoms with Gasteiger partial charge in [-0.1, -0.05) is 18.7 Å². The van der Waals surface area contributed by atoms with Crippen molar-refractivity contribution in [2.24, 2.45) is 5.73 Å². The zero-order valence-electron chi connectivity index (χ0n) is 19.0. The van der Waals surface area contributed by atoms with Gasteiger partial charge < -0.3 is 20.3 Å². The Morgan fingerprint density at radius 2 is 2.06 bits per heavy atom. The number of nitrogens with zero attached hydrogens (tertiary/aromatic N) is 3. The molecule has 3 aromatic rings. The molecule has 2 aromatic heterocycles. The van der Waals surface area contributed by atoms with Crippen molar-refractivity contribution in [2.45, 2.75) is 25.8 Å². The summed E-state index contributed by atoms with van der Waals surface area (Å²) >= 11 is 0. The summed E-state index contributed by atoms with van der Waals surface area (Å²) in [6, 6.07) is 4.84. The predicted octanol–water partition coefficient (Wildman–Crippen LogP) is 3.06. The number of hydrogen-bond donors (Lipinski definition) is 2. The fourth-order valence-corrected chi connectivity index (χ4v) is 3.64. The summed E-state index contributed by atoms with van der Waals surface area (Å²) in [5.41, 5.74) is 9.01. The largest absolute Gasteiger partial charge is 0.477 e. The van der Waals surface area contributed by atoms with E-state index in [9.17, 15) is 18.8 Å². The number of hydrogen-bond acceptors (Lipinski definition) is 8. The van der Waals surface area contributed by atoms with Crippen LogP contribution >= 0.6 is 12.4 Å². The molecule has 0 radical (unpaired) electrons. The summed E-state index contributed by atoms with van der Waals surface area (Å²) in [6.07, 6.45) is 4.29. The van der Waals surface area contributed by atoms with Crippen LogP contribution in [0.25, 0.3) is 5.65 Å². The Hall–Kier alpha value is -3.83. The topological polar surface area (TPSA) is 146 Å². The molecule has 0 aliphatic heterocycles. The van der Waals surface area contributed by atoms with Gasteiger partial charge in [-0.25, -0.2) is 28.3 Å². The van der Waals surface area contributed by atoms with Crippen LogP contribution in [0, 0.1) is 12.7 Å². The van der Waals surface area contributed by atoms with Gasteiger partial charge in [0.25, 0.3) is 0 Å². The second-order valence-electron chi connectivity index (χ2n) is 7.39. The maximum absolute atomic E-state index is 13.2. The summed E-state index contributed by atoms with van der Waals surface area (Å²) in [5.74, 6) is -3.31. The number of carbonyl (C=O) groups is 3. The molecule has 0 fully saturated rings. The number of methoxy groups -OCH3 is 1. The van der Waals surface area contributed by atoms with E-state index in [1.807, 2.05) is 19.1 Å². The van der Waals surface area contributed by atoms with Crippen LogP contribution in [0.1, 0.15) is 60.5 Å². The van der Waals surface area contributed by atoms with Crippen LogP contribution in [0.3, 0.4) is 0 Å². The highest BCUT2D eigenvalue weighted by atomic mass is 35.5. The lowest BCUT2D eigenvalue weighted by atomic mass is 9.98. The van der Waals surface area contributed by atoms with Crippen LogP contribution in [0.2, 0.25) is 0 Å². The summed E-state index contributed by atoms with van der Waals surface area (Å²) in [4.78, 5) is 37.6. The quantitative estimate of drug-likeness (QED) is 0.393. The highest BCUT2D eigenvalue weighted by Crippen LogP contribution is 2.33. The molecule has 1 atom stereocenters. The molecule has 12 heteroatoms. The number of nitrogens with two attached hydrogens (primary N) is 1. The van der Waals surface area contributed by atoms with Crippen LogP contribution in [-0.4, -0.2) is 51.3 Å². The van der Waals surface area contributed by atoms with Gasteiger partial charge in [-0.05, 0) is 42.5 Å². The minimum absolute atomic E-state index is 0. The van der Waals surface area contributed by atoms with Gasteiger partial charge in [-0.15, -0.1) is 12.4 Å². The SMILES string of the molecule is C=CCOC(=O)c1ccc2c(c1C)CC[C@@H]2N.COC(=O)c1cc(C(=O)O)n2ncc(F)c2n1.Cl. The van der Waals surface area contributed by atoms with Crippen molar-refractivity contribution >= 4 is 36.0 Å². The standard InChI is InChI=1S/C14H17NO2.C9H6FN3O4.ClH/c1-3-8-17-14(16)11-4-5-12-10(9(11)2)6-7-13(12)15;1-17-9(16)5-2-6(8(14)15)13-7(12-5)4(10)3-11-13;/h3-5,13H,1,6-8,15H2,2H3;2-3H,1H3,(H,14,15);1H/t13-;;/m0../s1. The molecule has 4 rings (SSSR count). The Kier molecular flexibility index (Phi) is 9.04. The summed E-state index contributed by atoms with van der Waals surface area (Å²) in [5, 5.41) is 12.4. The average Bonchev–Trinajstić information content (AvgIpc) is 3.40. The molecule has 0 amide bonds. The minimum atomic E-state index is -1.36. The first-order chi connectivity index (χ1) is 16.2. The molecule has 0 saturated carbocycles. The van der Waals surface area contributed by atoms with E-state index in [1.165, 1.54) is 11.1 Å². The molecular formula is C23H24ClFN4O6. The highest BCUT2D eigenvalue weighted by Gasteiger charge is 2.24. The summed E-state index contributed by atoms with van der Waals surface area (Å²) < 4.78 is 23.5. The highest BCUT2D eigenvalue weighted by molar-refractivity contribution is 5.93. The minimum Gasteiger partial charge on any atom is -0.477 e. The van der Waals surface area contributed by atoms with E-state index in [0.717, 1.165) is 42.3 Å². The van der Waals surface area contributed by atoms with Crippen LogP contribution in [0.4, 0.5) is 4.39 Å². The van der Waals surface area contributed by atoms with Gasteiger partial charge in [0.2, 0.25) is 0 Å². The molecule has 35 heavy (non-hydrogen) atoms. The van der Waals surface area contributed by atoms with Crippen LogP contribution in [0.5, 0.6) is 0 Å². The van der Waals surface area contributed by atoms with Crippen LogP contribution in [0.15, 0.2) is 37.1 Å². The maximum Gasteiger partial charge on any atom is 0.356 e. The van der Waals surface area contributed by atoms with Crippen molar-refractivity contribution in [1.29, 1.82) is 0 Å². The third-order valence-electron chi connectivity index (χ3n) is 5.33. The number of aromatic carboxylic acids is 1. The summed E-state index contributed by atoms with van der Waals surface area (Å²) in [6.45, 7) is 5.73. The van der Waals surface area contributed by atoms with Crippen LogP contribution in [-0.2, 0) is 15.9 Å². The number of carbonyl (C=O) groups excluding carboxylic acids is 2. The number of rotatable bonds is 5. The zero-order valence-corrected chi connectivity index (χ0v) is 19.8. The Labute approximate surface area is 206 Å². The molecule has 1 aliphatic rings. The smallest absolute Gasteiger partial charge is 0.356 e. The van der Waals surface area contributed by atoms with Crippen molar-refractivity contribution in [3.05, 3.63) is 76.5 Å². The fraction of sp³-hybridized carbons (Fsp3) is 0.261. The Morgan fingerprint density at radius 1 is 1.34 bits per heavy atom. The molecule has 0 unspecified atom stereocenters. The van der Waals surface area contributed by atoms with Crippen molar-refractivity contribution in [2.75, 3.05) is 13.7 Å². The Morgan fingerprint density at radius 3 is 2.69 bits per heavy atom. The van der Waals surface area contributed by atoms with Gasteiger partial charge in [0.05, 0.1) is 18.9 Å². The molecule has 186 valence electrons. The van der Waals surface area contributed by atoms with Crippen molar-refractivity contribution in [3.8, 4) is 0 Å². The van der Waals surface area contributed by atoms with Crippen LogP contribution < -0.4 is 5.73 Å². The lowest BCUT2D eigenvalue weighted by molar-refractivity contribution is 0.0546. The molecule has 0 saturated heterocycles. The van der Waals surface area contributed by atoms with E-state index >= 15 is 0 Å². The molecule has 1 aliphatic carbocycles. The molecule has 3 N–H and O–H groups in total. The van der Waals surface area contributed by atoms with E-state index in [0.29, 0.717) is 5.56 Å². The van der Waals surface area contributed by atoms with E-state index in [2.05, 4.69) is 21.4 Å². The molecule has 0 spiro atoms. The number of ether oxygens (including phenoxy) is 2. The number of aromatic nitrogens is 3. The van der Waals surface area contributed by atoms with Gasteiger partial charge in [-0.3, -0.25) is 0 Å². The molecule has 1 aromatic carbocycles. The molecular weight excluding hydrogens is 483 g/mol. The molecule has 0 bridgehead atoms. The van der Waals surface area contributed by atoms with E-state index in [-0.39, 0.29) is 48.1 Å².